The number of nitrogens with one attached hydrogen (secondary N) is 1. The van der Waals surface area contributed by atoms with Crippen molar-refractivity contribution in [2.75, 3.05) is 0 Å². The van der Waals surface area contributed by atoms with E-state index >= 15 is 0 Å². The number of aromatic nitrogens is 2. The molecule has 0 saturated heterocycles. The van der Waals surface area contributed by atoms with Crippen LogP contribution in [0.2, 0.25) is 5.02 Å². The van der Waals surface area contributed by atoms with Crippen LogP contribution < -0.4 is 5.32 Å². The fraction of sp³-hybridized carbons (Fsp3) is 0.0345. The minimum absolute atomic E-state index is 0.106. The van der Waals surface area contributed by atoms with Crippen molar-refractivity contribution in [3.8, 4) is 16.9 Å². The van der Waals surface area contributed by atoms with E-state index in [0.29, 0.717) is 22.0 Å². The molecule has 7 nitrogen and oxygen atoms in total. The van der Waals surface area contributed by atoms with Gasteiger partial charge in [-0.3, -0.25) is 14.9 Å². The third kappa shape index (κ3) is 5.12. The molecule has 0 aliphatic rings. The summed E-state index contributed by atoms with van der Waals surface area (Å²) in [6.07, 6.45) is 0. The Bertz CT molecular complexity index is 1530. The van der Waals surface area contributed by atoms with Gasteiger partial charge in [0.15, 0.2) is 0 Å². The molecule has 0 aliphatic heterocycles. The standard InChI is InChI=1S/C29H21ClN4O3/c30-25-17-8-7-16-24(25)26-19-27(33(32-26)22-14-9-15-23(18-22)34(36)37)29(35)31-28(20-10-3-1-4-11-20)21-12-5-2-6-13-21/h1-19,28H,(H,31,35). The maximum atomic E-state index is 13.8. The largest absolute Gasteiger partial charge is 0.340 e. The summed E-state index contributed by atoms with van der Waals surface area (Å²) in [4.78, 5) is 24.7. The van der Waals surface area contributed by atoms with Crippen LogP contribution in [0.1, 0.15) is 27.7 Å². The average Bonchev–Trinajstić information content (AvgIpc) is 3.38. The number of carbonyl (C=O) groups is 1. The molecule has 5 aromatic rings. The molecule has 0 aliphatic carbocycles. The van der Waals surface area contributed by atoms with Crippen molar-refractivity contribution in [3.05, 3.63) is 147 Å². The van der Waals surface area contributed by atoms with Gasteiger partial charge in [0.2, 0.25) is 0 Å². The van der Waals surface area contributed by atoms with Crippen molar-refractivity contribution in [2.24, 2.45) is 0 Å². The molecule has 8 heteroatoms. The molecule has 4 aromatic carbocycles. The van der Waals surface area contributed by atoms with Crippen molar-refractivity contribution in [1.82, 2.24) is 15.1 Å². The van der Waals surface area contributed by atoms with Gasteiger partial charge in [-0.25, -0.2) is 4.68 Å². The second-order valence-corrected chi connectivity index (χ2v) is 8.72. The van der Waals surface area contributed by atoms with Gasteiger partial charge in [0, 0.05) is 17.7 Å². The first-order valence-corrected chi connectivity index (χ1v) is 11.9. The quantitative estimate of drug-likeness (QED) is 0.197. The van der Waals surface area contributed by atoms with Crippen LogP contribution in [0.3, 0.4) is 0 Å². The van der Waals surface area contributed by atoms with Gasteiger partial charge >= 0.3 is 0 Å². The molecule has 1 amide bonds. The topological polar surface area (TPSA) is 90.1 Å². The van der Waals surface area contributed by atoms with E-state index in [1.165, 1.54) is 16.8 Å². The zero-order valence-electron chi connectivity index (χ0n) is 19.5. The highest BCUT2D eigenvalue weighted by molar-refractivity contribution is 6.33. The molecule has 0 unspecified atom stereocenters. The summed E-state index contributed by atoms with van der Waals surface area (Å²) in [6.45, 7) is 0. The molecule has 0 saturated carbocycles. The molecule has 0 radical (unpaired) electrons. The number of amides is 1. The normalized spacial score (nSPS) is 10.9. The third-order valence-corrected chi connectivity index (χ3v) is 6.25. The van der Waals surface area contributed by atoms with Crippen molar-refractivity contribution in [2.45, 2.75) is 6.04 Å². The number of hydrogen-bond acceptors (Lipinski definition) is 4. The monoisotopic (exact) mass is 508 g/mol. The Labute approximate surface area is 218 Å². The lowest BCUT2D eigenvalue weighted by Gasteiger charge is -2.20. The molecular weight excluding hydrogens is 488 g/mol. The van der Waals surface area contributed by atoms with Gasteiger partial charge in [-0.05, 0) is 29.3 Å². The molecule has 1 heterocycles. The van der Waals surface area contributed by atoms with E-state index in [2.05, 4.69) is 10.4 Å². The average molecular weight is 509 g/mol. The van der Waals surface area contributed by atoms with E-state index in [0.717, 1.165) is 11.1 Å². The summed E-state index contributed by atoms with van der Waals surface area (Å²) in [5, 5.41) is 19.7. The van der Waals surface area contributed by atoms with Gasteiger partial charge in [0.1, 0.15) is 5.69 Å². The lowest BCUT2D eigenvalue weighted by molar-refractivity contribution is -0.384. The van der Waals surface area contributed by atoms with Gasteiger partial charge in [0.25, 0.3) is 11.6 Å². The Balaban J connectivity index is 1.61. The predicted octanol–water partition coefficient (Wildman–Crippen LogP) is 6.62. The first-order chi connectivity index (χ1) is 18.0. The Morgan fingerprint density at radius 2 is 1.46 bits per heavy atom. The minimum atomic E-state index is -0.484. The second-order valence-electron chi connectivity index (χ2n) is 8.31. The van der Waals surface area contributed by atoms with E-state index in [9.17, 15) is 14.9 Å². The summed E-state index contributed by atoms with van der Waals surface area (Å²) >= 11 is 6.42. The number of hydrogen-bond donors (Lipinski definition) is 1. The fourth-order valence-electron chi connectivity index (χ4n) is 4.13. The Morgan fingerprint density at radius 1 is 0.838 bits per heavy atom. The Kier molecular flexibility index (Phi) is 6.78. The van der Waals surface area contributed by atoms with Crippen LogP contribution in [-0.4, -0.2) is 20.6 Å². The molecule has 1 N–H and O–H groups in total. The van der Waals surface area contributed by atoms with Crippen LogP contribution in [0.15, 0.2) is 115 Å². The first-order valence-electron chi connectivity index (χ1n) is 11.5. The second kappa shape index (κ2) is 10.5. The van der Waals surface area contributed by atoms with Crippen molar-refractivity contribution in [3.63, 3.8) is 0 Å². The van der Waals surface area contributed by atoms with E-state index < -0.39 is 16.9 Å². The number of carbonyl (C=O) groups excluding carboxylic acids is 1. The maximum absolute atomic E-state index is 13.8. The minimum Gasteiger partial charge on any atom is -0.340 e. The molecule has 0 bridgehead atoms. The molecule has 182 valence electrons. The third-order valence-electron chi connectivity index (χ3n) is 5.92. The summed E-state index contributed by atoms with van der Waals surface area (Å²) in [5.74, 6) is -0.394. The molecule has 5 rings (SSSR count). The van der Waals surface area contributed by atoms with Gasteiger partial charge in [-0.2, -0.15) is 5.10 Å². The zero-order valence-corrected chi connectivity index (χ0v) is 20.2. The lowest BCUT2D eigenvalue weighted by atomic mass is 9.98. The highest BCUT2D eigenvalue weighted by Gasteiger charge is 2.23. The van der Waals surface area contributed by atoms with Gasteiger partial charge < -0.3 is 5.32 Å². The molecular formula is C29H21ClN4O3. The summed E-state index contributed by atoms with van der Waals surface area (Å²) in [6, 6.07) is 33.7. The Morgan fingerprint density at radius 3 is 2.08 bits per heavy atom. The highest BCUT2D eigenvalue weighted by Crippen LogP contribution is 2.30. The van der Waals surface area contributed by atoms with Crippen LogP contribution in [0, 0.1) is 10.1 Å². The summed E-state index contributed by atoms with van der Waals surface area (Å²) < 4.78 is 1.41. The van der Waals surface area contributed by atoms with Crippen LogP contribution in [-0.2, 0) is 0 Å². The summed E-state index contributed by atoms with van der Waals surface area (Å²) in [7, 11) is 0. The number of rotatable bonds is 7. The van der Waals surface area contributed by atoms with E-state index in [1.807, 2.05) is 66.7 Å². The smallest absolute Gasteiger partial charge is 0.271 e. The number of nitro groups is 1. The predicted molar refractivity (Wildman–Crippen MR) is 143 cm³/mol. The van der Waals surface area contributed by atoms with Crippen LogP contribution in [0.4, 0.5) is 5.69 Å². The van der Waals surface area contributed by atoms with Gasteiger partial charge in [-0.15, -0.1) is 0 Å². The number of halogens is 1. The van der Waals surface area contributed by atoms with Gasteiger partial charge in [-0.1, -0.05) is 96.5 Å². The first kappa shape index (κ1) is 24.0. The maximum Gasteiger partial charge on any atom is 0.271 e. The Hall–Kier alpha value is -4.75. The van der Waals surface area contributed by atoms with E-state index in [-0.39, 0.29) is 11.4 Å². The van der Waals surface area contributed by atoms with Crippen molar-refractivity contribution >= 4 is 23.2 Å². The number of nitrogens with zero attached hydrogens (tertiary/aromatic N) is 3. The fourth-order valence-corrected chi connectivity index (χ4v) is 4.37. The van der Waals surface area contributed by atoms with E-state index in [4.69, 9.17) is 11.6 Å². The zero-order chi connectivity index (χ0) is 25.8. The van der Waals surface area contributed by atoms with Crippen LogP contribution in [0.25, 0.3) is 16.9 Å². The number of benzene rings is 4. The SMILES string of the molecule is O=C(NC(c1ccccc1)c1ccccc1)c1cc(-c2ccccc2Cl)nn1-c1cccc([N+](=O)[O-])c1. The van der Waals surface area contributed by atoms with Gasteiger partial charge in [0.05, 0.1) is 27.4 Å². The van der Waals surface area contributed by atoms with E-state index in [1.54, 1.807) is 36.4 Å². The number of nitro benzene ring substituents is 1. The van der Waals surface area contributed by atoms with Crippen LogP contribution >= 0.6 is 11.6 Å². The number of non-ortho nitro benzene ring substituents is 1. The lowest BCUT2D eigenvalue weighted by Crippen LogP contribution is -2.31. The molecule has 1 aromatic heterocycles. The molecule has 37 heavy (non-hydrogen) atoms. The van der Waals surface area contributed by atoms with Crippen LogP contribution in [0.5, 0.6) is 0 Å². The molecule has 0 spiro atoms. The summed E-state index contributed by atoms with van der Waals surface area (Å²) in [5.41, 5.74) is 3.43. The highest BCUT2D eigenvalue weighted by atomic mass is 35.5. The molecule has 0 fully saturated rings. The van der Waals surface area contributed by atoms with Crippen molar-refractivity contribution < 1.29 is 9.72 Å². The van der Waals surface area contributed by atoms with Crippen molar-refractivity contribution in [1.29, 1.82) is 0 Å². The molecule has 0 atom stereocenters.